The van der Waals surface area contributed by atoms with Crippen molar-refractivity contribution in [2.75, 3.05) is 5.32 Å². The van der Waals surface area contributed by atoms with Crippen LogP contribution in [0.2, 0.25) is 0 Å². The van der Waals surface area contributed by atoms with E-state index in [9.17, 15) is 29.4 Å². The molecule has 9 nitrogen and oxygen atoms in total. The fourth-order valence-electron chi connectivity index (χ4n) is 3.54. The molecule has 5 N–H and O–H groups in total. The van der Waals surface area contributed by atoms with Gasteiger partial charge in [-0.25, -0.2) is 4.79 Å². The molecule has 0 saturated heterocycles. The van der Waals surface area contributed by atoms with E-state index >= 15 is 0 Å². The second-order valence-corrected chi connectivity index (χ2v) is 8.24. The zero-order valence-corrected chi connectivity index (χ0v) is 19.6. The normalized spacial score (nSPS) is 11.8. The number of carboxylic acid groups (broad SMARTS) is 1. The van der Waals surface area contributed by atoms with E-state index in [2.05, 4.69) is 16.0 Å². The van der Waals surface area contributed by atoms with Gasteiger partial charge in [-0.3, -0.25) is 14.4 Å². The van der Waals surface area contributed by atoms with Crippen LogP contribution in [0, 0.1) is 0 Å². The molecule has 3 aromatic rings. The summed E-state index contributed by atoms with van der Waals surface area (Å²) in [4.78, 5) is 49.0. The number of aromatic hydroxyl groups is 1. The zero-order chi connectivity index (χ0) is 26.1. The number of anilines is 1. The van der Waals surface area contributed by atoms with Gasteiger partial charge in [0.2, 0.25) is 11.8 Å². The molecule has 188 valence electrons. The SMILES string of the molecule is CC(=O)Nc1ccc(C[C@H](NC(=O)[C@H](Cc2ccc(O)cc2)NC(=O)c2ccccc2)C(=O)O)cc1.[NaH]. The first-order valence-electron chi connectivity index (χ1n) is 11.2. The third kappa shape index (κ3) is 9.38. The summed E-state index contributed by atoms with van der Waals surface area (Å²) in [6.45, 7) is 1.38. The second kappa shape index (κ2) is 14.2. The number of amides is 3. The number of aliphatic carboxylic acids is 1. The van der Waals surface area contributed by atoms with Gasteiger partial charge in [0.15, 0.2) is 0 Å². The van der Waals surface area contributed by atoms with Gasteiger partial charge in [0.1, 0.15) is 17.8 Å². The maximum absolute atomic E-state index is 13.2. The molecular formula is C27H28N3NaO6. The molecule has 0 aliphatic heterocycles. The number of carboxylic acids is 1. The molecule has 0 aliphatic carbocycles. The second-order valence-electron chi connectivity index (χ2n) is 8.24. The van der Waals surface area contributed by atoms with E-state index in [-0.39, 0.29) is 54.1 Å². The molecule has 0 bridgehead atoms. The van der Waals surface area contributed by atoms with Crippen molar-refractivity contribution in [3.05, 3.63) is 95.6 Å². The average Bonchev–Trinajstić information content (AvgIpc) is 2.85. The van der Waals surface area contributed by atoms with Gasteiger partial charge in [-0.2, -0.15) is 0 Å². The molecule has 3 amide bonds. The van der Waals surface area contributed by atoms with Crippen molar-refractivity contribution in [2.45, 2.75) is 31.8 Å². The Morgan fingerprint density at radius 1 is 0.757 bits per heavy atom. The predicted octanol–water partition coefficient (Wildman–Crippen LogP) is 1.86. The molecule has 0 aromatic heterocycles. The van der Waals surface area contributed by atoms with Gasteiger partial charge in [0, 0.05) is 31.0 Å². The molecule has 0 saturated carbocycles. The Kier molecular flexibility index (Phi) is 11.3. The van der Waals surface area contributed by atoms with Crippen molar-refractivity contribution in [1.82, 2.24) is 10.6 Å². The van der Waals surface area contributed by atoms with E-state index in [0.29, 0.717) is 22.4 Å². The van der Waals surface area contributed by atoms with E-state index in [1.807, 2.05) is 0 Å². The summed E-state index contributed by atoms with van der Waals surface area (Å²) in [6.07, 6.45) is 0.0857. The van der Waals surface area contributed by atoms with Gasteiger partial charge in [0.05, 0.1) is 0 Å². The number of hydrogen-bond donors (Lipinski definition) is 5. The molecule has 0 heterocycles. The molecule has 2 atom stereocenters. The van der Waals surface area contributed by atoms with Crippen molar-refractivity contribution < 1.29 is 29.4 Å². The number of rotatable bonds is 10. The Bertz CT molecular complexity index is 1220. The molecule has 0 unspecified atom stereocenters. The number of hydrogen-bond acceptors (Lipinski definition) is 5. The van der Waals surface area contributed by atoms with Crippen LogP contribution < -0.4 is 16.0 Å². The standard InChI is InChI=1S/C27H27N3O6.Na.H/c1-17(31)28-21-11-7-18(8-12-21)16-24(27(35)36)30-26(34)23(15-19-9-13-22(32)14-10-19)29-25(33)20-5-3-2-4-6-20;;/h2-14,23-24,32H,15-16H2,1H3,(H,28,31)(H,29,33)(H,30,34)(H,35,36);;/t23-,24-;;/m0../s1. The summed E-state index contributed by atoms with van der Waals surface area (Å²) in [6, 6.07) is 18.8. The first-order valence-corrected chi connectivity index (χ1v) is 11.2. The molecule has 0 spiro atoms. The van der Waals surface area contributed by atoms with Gasteiger partial charge in [-0.05, 0) is 47.5 Å². The number of benzene rings is 3. The third-order valence-corrected chi connectivity index (χ3v) is 5.36. The first-order chi connectivity index (χ1) is 17.2. The van der Waals surface area contributed by atoms with E-state index < -0.39 is 29.9 Å². The van der Waals surface area contributed by atoms with Crippen LogP contribution in [0.4, 0.5) is 5.69 Å². The van der Waals surface area contributed by atoms with Crippen molar-refractivity contribution >= 4 is 58.9 Å². The van der Waals surface area contributed by atoms with Crippen LogP contribution in [0.1, 0.15) is 28.4 Å². The number of carbonyl (C=O) groups excluding carboxylic acids is 3. The van der Waals surface area contributed by atoms with E-state index in [4.69, 9.17) is 0 Å². The summed E-state index contributed by atoms with van der Waals surface area (Å²) >= 11 is 0. The summed E-state index contributed by atoms with van der Waals surface area (Å²) < 4.78 is 0. The van der Waals surface area contributed by atoms with Crippen molar-refractivity contribution in [3.63, 3.8) is 0 Å². The molecular weight excluding hydrogens is 485 g/mol. The Labute approximate surface area is 236 Å². The fraction of sp³-hybridized carbons (Fsp3) is 0.185. The maximum atomic E-state index is 13.2. The molecule has 0 aliphatic rings. The quantitative estimate of drug-likeness (QED) is 0.262. The van der Waals surface area contributed by atoms with Crippen LogP contribution >= 0.6 is 0 Å². The molecule has 0 fully saturated rings. The van der Waals surface area contributed by atoms with E-state index in [1.54, 1.807) is 66.7 Å². The minimum absolute atomic E-state index is 0. The number of carbonyl (C=O) groups is 4. The monoisotopic (exact) mass is 513 g/mol. The summed E-state index contributed by atoms with van der Waals surface area (Å²) in [5.41, 5.74) is 2.23. The fourth-order valence-corrected chi connectivity index (χ4v) is 3.54. The Morgan fingerprint density at radius 2 is 1.30 bits per heavy atom. The summed E-state index contributed by atoms with van der Waals surface area (Å²) in [7, 11) is 0. The molecule has 0 radical (unpaired) electrons. The van der Waals surface area contributed by atoms with Crippen molar-refractivity contribution in [1.29, 1.82) is 0 Å². The Morgan fingerprint density at radius 3 is 1.84 bits per heavy atom. The van der Waals surface area contributed by atoms with Crippen LogP contribution in [0.25, 0.3) is 0 Å². The number of phenols is 1. The summed E-state index contributed by atoms with van der Waals surface area (Å²) in [5, 5.41) is 27.1. The van der Waals surface area contributed by atoms with Crippen LogP contribution in [-0.4, -0.2) is 75.5 Å². The van der Waals surface area contributed by atoms with E-state index in [1.165, 1.54) is 19.1 Å². The minimum atomic E-state index is -1.25. The molecule has 37 heavy (non-hydrogen) atoms. The van der Waals surface area contributed by atoms with Crippen molar-refractivity contribution in [3.8, 4) is 5.75 Å². The zero-order valence-electron chi connectivity index (χ0n) is 19.6. The Balaban J connectivity index is 0.00000481. The average molecular weight is 514 g/mol. The molecule has 10 heteroatoms. The Hall–Kier alpha value is -3.66. The molecule has 3 aromatic carbocycles. The summed E-state index contributed by atoms with van der Waals surface area (Å²) in [5.74, 6) is -2.53. The van der Waals surface area contributed by atoms with Crippen LogP contribution in [0.3, 0.4) is 0 Å². The van der Waals surface area contributed by atoms with Crippen LogP contribution in [0.5, 0.6) is 5.75 Å². The topological polar surface area (TPSA) is 145 Å². The van der Waals surface area contributed by atoms with Crippen LogP contribution in [-0.2, 0) is 27.2 Å². The van der Waals surface area contributed by atoms with Gasteiger partial charge in [0.25, 0.3) is 5.91 Å². The van der Waals surface area contributed by atoms with E-state index in [0.717, 1.165) is 0 Å². The van der Waals surface area contributed by atoms with Gasteiger partial charge in [-0.1, -0.05) is 42.5 Å². The van der Waals surface area contributed by atoms with Gasteiger partial charge >= 0.3 is 35.5 Å². The van der Waals surface area contributed by atoms with Gasteiger partial charge in [-0.15, -0.1) is 0 Å². The van der Waals surface area contributed by atoms with Crippen molar-refractivity contribution in [2.24, 2.45) is 0 Å². The number of nitrogens with one attached hydrogen (secondary N) is 3. The van der Waals surface area contributed by atoms with Crippen LogP contribution in [0.15, 0.2) is 78.9 Å². The predicted molar refractivity (Wildman–Crippen MR) is 141 cm³/mol. The molecule has 3 rings (SSSR count). The first kappa shape index (κ1) is 29.6. The third-order valence-electron chi connectivity index (χ3n) is 5.36. The number of phenolic OH excluding ortho intramolecular Hbond substituents is 1. The van der Waals surface area contributed by atoms with Gasteiger partial charge < -0.3 is 26.2 Å².